The van der Waals surface area contributed by atoms with E-state index in [1.165, 1.54) is 7.11 Å². The molecular formula is C6H15NO2. The molecule has 56 valence electrons. The van der Waals surface area contributed by atoms with Gasteiger partial charge in [-0.05, 0) is 12.3 Å². The lowest BCUT2D eigenvalue weighted by molar-refractivity contribution is -0.153. The fraction of sp³-hybridized carbons (Fsp3) is 1.00. The summed E-state index contributed by atoms with van der Waals surface area (Å²) in [5.41, 5.74) is 2.30. The van der Waals surface area contributed by atoms with Gasteiger partial charge < -0.3 is 0 Å². The van der Waals surface area contributed by atoms with Crippen molar-refractivity contribution in [3.8, 4) is 0 Å². The molecule has 0 saturated carbocycles. The lowest BCUT2D eigenvalue weighted by atomic mass is 10.1. The molecule has 0 fully saturated rings. The van der Waals surface area contributed by atoms with Crippen molar-refractivity contribution in [1.29, 1.82) is 0 Å². The number of rotatable bonds is 5. The molecule has 0 aliphatic heterocycles. The van der Waals surface area contributed by atoms with Crippen LogP contribution in [0.25, 0.3) is 0 Å². The van der Waals surface area contributed by atoms with Crippen molar-refractivity contribution in [2.24, 2.45) is 5.92 Å². The van der Waals surface area contributed by atoms with Crippen LogP contribution in [-0.2, 0) is 9.68 Å². The molecule has 3 nitrogen and oxygen atoms in total. The van der Waals surface area contributed by atoms with Gasteiger partial charge in [0.15, 0.2) is 0 Å². The van der Waals surface area contributed by atoms with Gasteiger partial charge in [-0.25, -0.2) is 0 Å². The van der Waals surface area contributed by atoms with Crippen LogP contribution < -0.4 is 5.64 Å². The minimum Gasteiger partial charge on any atom is -0.280 e. The first kappa shape index (κ1) is 8.88. The first-order chi connectivity index (χ1) is 4.27. The van der Waals surface area contributed by atoms with Gasteiger partial charge in [0.2, 0.25) is 0 Å². The van der Waals surface area contributed by atoms with Gasteiger partial charge in [0, 0.05) is 0 Å². The van der Waals surface area contributed by atoms with Gasteiger partial charge in [0.05, 0.1) is 13.7 Å². The second kappa shape index (κ2) is 6.01. The van der Waals surface area contributed by atoms with E-state index in [4.69, 9.17) is 4.84 Å². The van der Waals surface area contributed by atoms with Crippen molar-refractivity contribution >= 4 is 0 Å². The summed E-state index contributed by atoms with van der Waals surface area (Å²) in [6.07, 6.45) is 1.05. The van der Waals surface area contributed by atoms with Crippen molar-refractivity contribution in [2.45, 2.75) is 20.3 Å². The fourth-order valence-electron chi connectivity index (χ4n) is 0.395. The Labute approximate surface area is 56.2 Å². The van der Waals surface area contributed by atoms with Crippen LogP contribution in [0.2, 0.25) is 0 Å². The Hall–Kier alpha value is -0.120. The molecule has 0 saturated heterocycles. The van der Waals surface area contributed by atoms with Crippen molar-refractivity contribution in [1.82, 2.24) is 5.64 Å². The van der Waals surface area contributed by atoms with Crippen LogP contribution in [0.5, 0.6) is 0 Å². The first-order valence-electron chi connectivity index (χ1n) is 3.17. The Kier molecular flexibility index (Phi) is 5.93. The second-order valence-electron chi connectivity index (χ2n) is 2.32. The highest BCUT2D eigenvalue weighted by Crippen LogP contribution is 1.97. The Balaban J connectivity index is 2.75. The third kappa shape index (κ3) is 7.88. The van der Waals surface area contributed by atoms with Gasteiger partial charge in [-0.15, -0.1) is 0 Å². The third-order valence-corrected chi connectivity index (χ3v) is 0.940. The van der Waals surface area contributed by atoms with Crippen LogP contribution >= 0.6 is 0 Å². The molecule has 0 radical (unpaired) electrons. The highest BCUT2D eigenvalue weighted by Gasteiger charge is 1.91. The molecule has 3 heteroatoms. The van der Waals surface area contributed by atoms with Crippen molar-refractivity contribution in [3.05, 3.63) is 0 Å². The van der Waals surface area contributed by atoms with E-state index in [9.17, 15) is 0 Å². The minimum absolute atomic E-state index is 0.684. The SMILES string of the molecule is CONOCCC(C)C. The summed E-state index contributed by atoms with van der Waals surface area (Å²) in [6, 6.07) is 0. The molecule has 0 aromatic carbocycles. The molecule has 0 aromatic heterocycles. The zero-order valence-electron chi connectivity index (χ0n) is 6.31. The monoisotopic (exact) mass is 133 g/mol. The van der Waals surface area contributed by atoms with Crippen molar-refractivity contribution in [3.63, 3.8) is 0 Å². The summed E-state index contributed by atoms with van der Waals surface area (Å²) in [4.78, 5) is 9.27. The number of nitrogens with one attached hydrogen (secondary N) is 1. The summed E-state index contributed by atoms with van der Waals surface area (Å²) < 4.78 is 0. The molecule has 0 atom stereocenters. The number of hydrogen-bond acceptors (Lipinski definition) is 3. The van der Waals surface area contributed by atoms with Crippen LogP contribution in [0.3, 0.4) is 0 Å². The maximum Gasteiger partial charge on any atom is 0.0711 e. The molecule has 0 aliphatic carbocycles. The summed E-state index contributed by atoms with van der Waals surface area (Å²) >= 11 is 0. The van der Waals surface area contributed by atoms with E-state index in [0.29, 0.717) is 12.5 Å². The predicted octanol–water partition coefficient (Wildman–Crippen LogP) is 1.12. The van der Waals surface area contributed by atoms with Gasteiger partial charge in [0.25, 0.3) is 0 Å². The molecule has 0 bridgehead atoms. The molecule has 1 N–H and O–H groups in total. The first-order valence-corrected chi connectivity index (χ1v) is 3.17. The Bertz CT molecular complexity index is 57.0. The number of hydrogen-bond donors (Lipinski definition) is 1. The zero-order valence-corrected chi connectivity index (χ0v) is 6.31. The van der Waals surface area contributed by atoms with E-state index in [1.807, 2.05) is 0 Å². The van der Waals surface area contributed by atoms with Crippen LogP contribution in [0.4, 0.5) is 0 Å². The summed E-state index contributed by atoms with van der Waals surface area (Å²) in [7, 11) is 1.52. The molecule has 0 aromatic rings. The molecular weight excluding hydrogens is 118 g/mol. The van der Waals surface area contributed by atoms with Crippen LogP contribution in [0.1, 0.15) is 20.3 Å². The summed E-state index contributed by atoms with van der Waals surface area (Å²) in [5, 5.41) is 0. The van der Waals surface area contributed by atoms with Gasteiger partial charge in [-0.3, -0.25) is 9.68 Å². The third-order valence-electron chi connectivity index (χ3n) is 0.940. The Morgan fingerprint density at radius 2 is 2.11 bits per heavy atom. The van der Waals surface area contributed by atoms with Crippen molar-refractivity contribution < 1.29 is 9.68 Å². The van der Waals surface area contributed by atoms with Gasteiger partial charge >= 0.3 is 0 Å². The van der Waals surface area contributed by atoms with E-state index in [-0.39, 0.29) is 0 Å². The maximum atomic E-state index is 4.82. The van der Waals surface area contributed by atoms with Gasteiger partial charge in [-0.2, -0.15) is 0 Å². The predicted molar refractivity (Wildman–Crippen MR) is 35.6 cm³/mol. The molecule has 0 heterocycles. The van der Waals surface area contributed by atoms with Gasteiger partial charge in [0.1, 0.15) is 0 Å². The van der Waals surface area contributed by atoms with Crippen molar-refractivity contribution in [2.75, 3.05) is 13.7 Å². The van der Waals surface area contributed by atoms with E-state index in [0.717, 1.165) is 6.42 Å². The Morgan fingerprint density at radius 3 is 2.56 bits per heavy atom. The smallest absolute Gasteiger partial charge is 0.0711 e. The fourth-order valence-corrected chi connectivity index (χ4v) is 0.395. The molecule has 0 rings (SSSR count). The van der Waals surface area contributed by atoms with Crippen LogP contribution in [0, 0.1) is 5.92 Å². The van der Waals surface area contributed by atoms with E-state index in [1.54, 1.807) is 0 Å². The van der Waals surface area contributed by atoms with Gasteiger partial charge in [-0.1, -0.05) is 19.5 Å². The maximum absolute atomic E-state index is 4.82. The summed E-state index contributed by atoms with van der Waals surface area (Å²) in [6.45, 7) is 5.00. The lowest BCUT2D eigenvalue weighted by Gasteiger charge is -2.04. The normalized spacial score (nSPS) is 10.7. The highest BCUT2D eigenvalue weighted by molar-refractivity contribution is 4.40. The molecule has 0 amide bonds. The largest absolute Gasteiger partial charge is 0.280 e. The molecule has 0 spiro atoms. The molecule has 0 unspecified atom stereocenters. The zero-order chi connectivity index (χ0) is 7.11. The molecule has 0 aliphatic rings. The lowest BCUT2D eigenvalue weighted by Crippen LogP contribution is -2.14. The van der Waals surface area contributed by atoms with E-state index < -0.39 is 0 Å². The van der Waals surface area contributed by atoms with E-state index >= 15 is 0 Å². The van der Waals surface area contributed by atoms with E-state index in [2.05, 4.69) is 24.3 Å². The minimum atomic E-state index is 0.684. The van der Waals surface area contributed by atoms with Crippen LogP contribution in [0.15, 0.2) is 0 Å². The average Bonchev–Trinajstić information content (AvgIpc) is 1.80. The standard InChI is InChI=1S/C6H15NO2/c1-6(2)4-5-9-7-8-3/h6-7H,4-5H2,1-3H3. The topological polar surface area (TPSA) is 30.5 Å². The molecule has 9 heavy (non-hydrogen) atoms. The highest BCUT2D eigenvalue weighted by atomic mass is 16.9. The summed E-state index contributed by atoms with van der Waals surface area (Å²) in [5.74, 6) is 0.684. The van der Waals surface area contributed by atoms with Crippen LogP contribution in [-0.4, -0.2) is 13.7 Å². The Morgan fingerprint density at radius 1 is 1.44 bits per heavy atom. The quantitative estimate of drug-likeness (QED) is 0.450. The average molecular weight is 133 g/mol. The second-order valence-corrected chi connectivity index (χ2v) is 2.32.